The van der Waals surface area contributed by atoms with Gasteiger partial charge >= 0.3 is 0 Å². The first kappa shape index (κ1) is 18.4. The molecule has 2 amide bonds. The zero-order chi connectivity index (χ0) is 19.5. The molecule has 1 fully saturated rings. The van der Waals surface area contributed by atoms with Crippen molar-refractivity contribution in [2.75, 3.05) is 11.9 Å². The molecule has 1 atom stereocenters. The molecule has 142 valence electrons. The van der Waals surface area contributed by atoms with Gasteiger partial charge in [-0.2, -0.15) is 0 Å². The molecule has 8 heteroatoms. The van der Waals surface area contributed by atoms with Crippen LogP contribution in [0.1, 0.15) is 48.3 Å². The fraction of sp³-hybridized carbons (Fsp3) is 0.474. The minimum Gasteiger partial charge on any atom is -0.331 e. The van der Waals surface area contributed by atoms with Gasteiger partial charge in [0.15, 0.2) is 5.13 Å². The van der Waals surface area contributed by atoms with Gasteiger partial charge in [-0.1, -0.05) is 22.9 Å². The second-order valence-corrected chi connectivity index (χ2v) is 8.67. The van der Waals surface area contributed by atoms with E-state index in [1.165, 1.54) is 36.0 Å². The lowest BCUT2D eigenvalue weighted by Crippen LogP contribution is -2.34. The van der Waals surface area contributed by atoms with E-state index in [1.54, 1.807) is 7.05 Å². The molecule has 0 unspecified atom stereocenters. The van der Waals surface area contributed by atoms with Gasteiger partial charge in [0.1, 0.15) is 5.15 Å². The molecule has 2 aliphatic rings. The second kappa shape index (κ2) is 6.56. The Kier molecular flexibility index (Phi) is 4.47. The summed E-state index contributed by atoms with van der Waals surface area (Å²) in [5, 5.41) is 0.862. The number of pyridine rings is 1. The Morgan fingerprint density at radius 1 is 1.41 bits per heavy atom. The van der Waals surface area contributed by atoms with Gasteiger partial charge in [-0.25, -0.2) is 9.97 Å². The zero-order valence-corrected chi connectivity index (χ0v) is 17.3. The maximum absolute atomic E-state index is 12.8. The van der Waals surface area contributed by atoms with E-state index in [0.717, 1.165) is 16.1 Å². The first-order valence-electron chi connectivity index (χ1n) is 9.00. The number of carbonyl (C=O) groups is 2. The number of halogens is 1. The fourth-order valence-electron chi connectivity index (χ4n) is 3.49. The molecule has 0 bridgehead atoms. The Morgan fingerprint density at radius 2 is 2.11 bits per heavy atom. The fourth-order valence-corrected chi connectivity index (χ4v) is 4.82. The molecule has 2 aromatic rings. The standard InChI is InChI=1S/C19H21ClN4O2S/c1-9-16(27-19(21-9)23(4)11(3)25)14-7-13-8-24(10(2)12-5-6-12)18(26)15(13)17(20)22-14/h7,10,12H,5-6,8H2,1-4H3/t10-/m0/s1. The van der Waals surface area contributed by atoms with E-state index in [1.807, 2.05) is 17.9 Å². The number of carbonyl (C=O) groups excluding carboxylic acids is 2. The van der Waals surface area contributed by atoms with E-state index >= 15 is 0 Å². The molecule has 2 aromatic heterocycles. The molecule has 0 N–H and O–H groups in total. The predicted octanol–water partition coefficient (Wildman–Crippen LogP) is 3.90. The smallest absolute Gasteiger partial charge is 0.257 e. The van der Waals surface area contributed by atoms with Crippen LogP contribution < -0.4 is 4.90 Å². The quantitative estimate of drug-likeness (QED) is 0.725. The van der Waals surface area contributed by atoms with Crippen LogP contribution in [0.5, 0.6) is 0 Å². The van der Waals surface area contributed by atoms with Gasteiger partial charge in [0.25, 0.3) is 5.91 Å². The van der Waals surface area contributed by atoms with Crippen molar-refractivity contribution in [3.63, 3.8) is 0 Å². The van der Waals surface area contributed by atoms with E-state index in [-0.39, 0.29) is 23.0 Å². The minimum absolute atomic E-state index is 0.0218. The number of hydrogen-bond acceptors (Lipinski definition) is 5. The van der Waals surface area contributed by atoms with Gasteiger partial charge in [-0.3, -0.25) is 14.5 Å². The molecular weight excluding hydrogens is 384 g/mol. The third kappa shape index (κ3) is 3.12. The van der Waals surface area contributed by atoms with E-state index in [4.69, 9.17) is 11.6 Å². The number of hydrogen-bond donors (Lipinski definition) is 0. The Labute approximate surface area is 167 Å². The summed E-state index contributed by atoms with van der Waals surface area (Å²) in [5.41, 5.74) is 2.93. The Bertz CT molecular complexity index is 953. The molecule has 4 rings (SSSR count). The first-order valence-corrected chi connectivity index (χ1v) is 10.2. The highest BCUT2D eigenvalue weighted by Gasteiger charge is 2.40. The van der Waals surface area contributed by atoms with Crippen molar-refractivity contribution in [1.29, 1.82) is 0 Å². The molecular formula is C19H21ClN4O2S. The van der Waals surface area contributed by atoms with Crippen molar-refractivity contribution >= 4 is 39.9 Å². The molecule has 0 radical (unpaired) electrons. The van der Waals surface area contributed by atoms with Crippen LogP contribution in [-0.2, 0) is 11.3 Å². The molecule has 0 spiro atoms. The van der Waals surface area contributed by atoms with Gasteiger partial charge < -0.3 is 4.90 Å². The van der Waals surface area contributed by atoms with Gasteiger partial charge in [0.2, 0.25) is 5.91 Å². The highest BCUT2D eigenvalue weighted by atomic mass is 35.5. The van der Waals surface area contributed by atoms with E-state index < -0.39 is 0 Å². The molecule has 27 heavy (non-hydrogen) atoms. The number of anilines is 1. The maximum atomic E-state index is 12.8. The summed E-state index contributed by atoms with van der Waals surface area (Å²) in [7, 11) is 1.70. The van der Waals surface area contributed by atoms with Gasteiger partial charge in [0.05, 0.1) is 21.8 Å². The van der Waals surface area contributed by atoms with Gasteiger partial charge in [0, 0.05) is 26.6 Å². The SMILES string of the molecule is CC(=O)N(C)c1nc(C)c(-c2cc3c(c(Cl)n2)C(=O)N([C@@H](C)C2CC2)C3)s1. The maximum Gasteiger partial charge on any atom is 0.257 e. The average molecular weight is 405 g/mol. The summed E-state index contributed by atoms with van der Waals surface area (Å²) in [5.74, 6) is 0.500. The van der Waals surface area contributed by atoms with E-state index in [0.29, 0.717) is 28.9 Å². The highest BCUT2D eigenvalue weighted by Crippen LogP contribution is 2.41. The van der Waals surface area contributed by atoms with E-state index in [9.17, 15) is 9.59 Å². The summed E-state index contributed by atoms with van der Waals surface area (Å²) in [6.07, 6.45) is 2.37. The third-order valence-electron chi connectivity index (χ3n) is 5.45. The minimum atomic E-state index is -0.0782. The topological polar surface area (TPSA) is 66.4 Å². The summed E-state index contributed by atoms with van der Waals surface area (Å²) < 4.78 is 0. The molecule has 1 aliphatic heterocycles. The van der Waals surface area contributed by atoms with Crippen LogP contribution in [0.4, 0.5) is 5.13 Å². The molecule has 0 aromatic carbocycles. The first-order chi connectivity index (χ1) is 12.8. The molecule has 1 saturated carbocycles. The largest absolute Gasteiger partial charge is 0.331 e. The third-order valence-corrected chi connectivity index (χ3v) is 6.98. The van der Waals surface area contributed by atoms with Crippen molar-refractivity contribution in [2.45, 2.75) is 46.2 Å². The molecule has 1 aliphatic carbocycles. The number of aryl methyl sites for hydroxylation is 1. The number of nitrogens with zero attached hydrogens (tertiary/aromatic N) is 4. The van der Waals surface area contributed by atoms with Crippen LogP contribution in [0.25, 0.3) is 10.6 Å². The number of aromatic nitrogens is 2. The van der Waals surface area contributed by atoms with Crippen LogP contribution >= 0.6 is 22.9 Å². The number of fused-ring (bicyclic) bond motifs is 1. The van der Waals surface area contributed by atoms with E-state index in [2.05, 4.69) is 16.9 Å². The Morgan fingerprint density at radius 3 is 2.74 bits per heavy atom. The average Bonchev–Trinajstić information content (AvgIpc) is 3.31. The summed E-state index contributed by atoms with van der Waals surface area (Å²) in [6.45, 7) is 6.07. The lowest BCUT2D eigenvalue weighted by atomic mass is 10.1. The van der Waals surface area contributed by atoms with Crippen molar-refractivity contribution in [1.82, 2.24) is 14.9 Å². The van der Waals surface area contributed by atoms with Crippen LogP contribution in [0.15, 0.2) is 6.07 Å². The summed E-state index contributed by atoms with van der Waals surface area (Å²) in [6, 6.07) is 2.17. The lowest BCUT2D eigenvalue weighted by molar-refractivity contribution is -0.116. The monoisotopic (exact) mass is 404 g/mol. The predicted molar refractivity (Wildman–Crippen MR) is 106 cm³/mol. The Hall–Kier alpha value is -1.99. The van der Waals surface area contributed by atoms with Crippen LogP contribution in [-0.4, -0.2) is 39.8 Å². The molecule has 6 nitrogen and oxygen atoms in total. The van der Waals surface area contributed by atoms with Crippen molar-refractivity contribution in [2.24, 2.45) is 5.92 Å². The number of amides is 2. The normalized spacial score (nSPS) is 17.2. The van der Waals surface area contributed by atoms with Crippen LogP contribution in [0, 0.1) is 12.8 Å². The van der Waals surface area contributed by atoms with Crippen molar-refractivity contribution < 1.29 is 9.59 Å². The van der Waals surface area contributed by atoms with Crippen molar-refractivity contribution in [3.8, 4) is 10.6 Å². The molecule has 3 heterocycles. The number of thiazole rings is 1. The number of rotatable bonds is 4. The summed E-state index contributed by atoms with van der Waals surface area (Å²) >= 11 is 7.82. The second-order valence-electron chi connectivity index (χ2n) is 7.33. The van der Waals surface area contributed by atoms with Crippen LogP contribution in [0.2, 0.25) is 5.15 Å². The zero-order valence-electron chi connectivity index (χ0n) is 15.7. The van der Waals surface area contributed by atoms with Gasteiger partial charge in [-0.15, -0.1) is 0 Å². The Balaban J connectivity index is 1.70. The lowest BCUT2D eigenvalue weighted by Gasteiger charge is -2.23. The van der Waals surface area contributed by atoms with Crippen molar-refractivity contribution in [3.05, 3.63) is 28.0 Å². The highest BCUT2D eigenvalue weighted by molar-refractivity contribution is 7.19. The summed E-state index contributed by atoms with van der Waals surface area (Å²) in [4.78, 5) is 37.7. The van der Waals surface area contributed by atoms with Gasteiger partial charge in [-0.05, 0) is 44.2 Å². The molecule has 0 saturated heterocycles. The van der Waals surface area contributed by atoms with Crippen LogP contribution in [0.3, 0.4) is 0 Å².